The van der Waals surface area contributed by atoms with Crippen molar-refractivity contribution in [2.75, 3.05) is 43.5 Å². The molecule has 2 heterocycles. The number of fused-ring (bicyclic) bond motifs is 1. The summed E-state index contributed by atoms with van der Waals surface area (Å²) in [6.07, 6.45) is 0.674. The molecular formula is C15H21N3O2. The SMILES string of the molecule is CN1CCN(C)c2cc(C3CC(C(=O)O)CN3)ccc21. The van der Waals surface area contributed by atoms with E-state index in [9.17, 15) is 4.79 Å². The first kappa shape index (κ1) is 13.2. The highest BCUT2D eigenvalue weighted by atomic mass is 16.4. The number of rotatable bonds is 2. The molecule has 1 aromatic rings. The molecule has 1 fully saturated rings. The molecule has 20 heavy (non-hydrogen) atoms. The van der Waals surface area contributed by atoms with E-state index in [0.717, 1.165) is 13.1 Å². The minimum Gasteiger partial charge on any atom is -0.481 e. The van der Waals surface area contributed by atoms with Gasteiger partial charge in [-0.2, -0.15) is 0 Å². The maximum Gasteiger partial charge on any atom is 0.307 e. The average molecular weight is 275 g/mol. The first-order valence-electron chi connectivity index (χ1n) is 7.08. The van der Waals surface area contributed by atoms with E-state index in [1.54, 1.807) is 0 Å². The van der Waals surface area contributed by atoms with Crippen LogP contribution >= 0.6 is 0 Å². The Balaban J connectivity index is 1.86. The van der Waals surface area contributed by atoms with Gasteiger partial charge >= 0.3 is 5.97 Å². The van der Waals surface area contributed by atoms with Crippen molar-refractivity contribution in [1.82, 2.24) is 5.32 Å². The highest BCUT2D eigenvalue weighted by molar-refractivity contribution is 5.74. The van der Waals surface area contributed by atoms with Crippen LogP contribution in [-0.2, 0) is 4.79 Å². The molecule has 0 aromatic heterocycles. The third kappa shape index (κ3) is 2.22. The first-order valence-corrected chi connectivity index (χ1v) is 7.08. The third-order valence-electron chi connectivity index (χ3n) is 4.48. The zero-order valence-electron chi connectivity index (χ0n) is 12.0. The number of benzene rings is 1. The summed E-state index contributed by atoms with van der Waals surface area (Å²) in [5.74, 6) is -0.966. The van der Waals surface area contributed by atoms with Gasteiger partial charge in [-0.25, -0.2) is 0 Å². The second kappa shape index (κ2) is 4.98. The van der Waals surface area contributed by atoms with Crippen molar-refractivity contribution in [1.29, 1.82) is 0 Å². The van der Waals surface area contributed by atoms with Crippen LogP contribution in [0.2, 0.25) is 0 Å². The van der Waals surface area contributed by atoms with Crippen LogP contribution in [0.1, 0.15) is 18.0 Å². The zero-order chi connectivity index (χ0) is 14.3. The Morgan fingerprint density at radius 1 is 1.25 bits per heavy atom. The van der Waals surface area contributed by atoms with Crippen LogP contribution in [-0.4, -0.2) is 44.8 Å². The molecule has 2 unspecified atom stereocenters. The molecule has 0 saturated carbocycles. The standard InChI is InChI=1S/C15H21N3O2/c1-17-5-6-18(2)14-8-10(3-4-13(14)17)12-7-11(9-16-12)15(19)20/h3-4,8,11-12,16H,5-7,9H2,1-2H3,(H,19,20). The van der Waals surface area contributed by atoms with Gasteiger partial charge in [0.05, 0.1) is 17.3 Å². The van der Waals surface area contributed by atoms with Gasteiger partial charge in [-0.05, 0) is 24.1 Å². The average Bonchev–Trinajstić information content (AvgIpc) is 2.93. The van der Waals surface area contributed by atoms with Gasteiger partial charge in [-0.1, -0.05) is 6.07 Å². The van der Waals surface area contributed by atoms with Crippen LogP contribution in [0.4, 0.5) is 11.4 Å². The van der Waals surface area contributed by atoms with Gasteiger partial charge in [0.1, 0.15) is 0 Å². The Labute approximate surface area is 119 Å². The van der Waals surface area contributed by atoms with Gasteiger partial charge in [0, 0.05) is 39.8 Å². The molecule has 0 radical (unpaired) electrons. The molecule has 2 aliphatic heterocycles. The third-order valence-corrected chi connectivity index (χ3v) is 4.48. The van der Waals surface area contributed by atoms with E-state index in [0.29, 0.717) is 13.0 Å². The fraction of sp³-hybridized carbons (Fsp3) is 0.533. The predicted molar refractivity (Wildman–Crippen MR) is 79.5 cm³/mol. The van der Waals surface area contributed by atoms with E-state index in [-0.39, 0.29) is 12.0 Å². The number of carbonyl (C=O) groups is 1. The Morgan fingerprint density at radius 2 is 1.95 bits per heavy atom. The van der Waals surface area contributed by atoms with E-state index in [4.69, 9.17) is 5.11 Å². The molecule has 2 atom stereocenters. The van der Waals surface area contributed by atoms with E-state index in [1.165, 1.54) is 16.9 Å². The number of nitrogens with zero attached hydrogens (tertiary/aromatic N) is 2. The number of carboxylic acid groups (broad SMARTS) is 1. The van der Waals surface area contributed by atoms with Crippen LogP contribution in [0.15, 0.2) is 18.2 Å². The second-order valence-corrected chi connectivity index (χ2v) is 5.82. The lowest BCUT2D eigenvalue weighted by Gasteiger charge is -2.35. The molecule has 2 aliphatic rings. The lowest BCUT2D eigenvalue weighted by Crippen LogP contribution is -2.36. The quantitative estimate of drug-likeness (QED) is 0.852. The fourth-order valence-corrected chi connectivity index (χ4v) is 3.10. The van der Waals surface area contributed by atoms with E-state index >= 15 is 0 Å². The summed E-state index contributed by atoms with van der Waals surface area (Å²) in [4.78, 5) is 15.6. The summed E-state index contributed by atoms with van der Waals surface area (Å²) in [5.41, 5.74) is 3.67. The van der Waals surface area contributed by atoms with E-state index in [1.807, 2.05) is 0 Å². The molecule has 0 aliphatic carbocycles. The molecule has 1 aromatic carbocycles. The zero-order valence-corrected chi connectivity index (χ0v) is 12.0. The van der Waals surface area contributed by atoms with Gasteiger partial charge in [-0.15, -0.1) is 0 Å². The van der Waals surface area contributed by atoms with Crippen molar-refractivity contribution in [3.8, 4) is 0 Å². The first-order chi connectivity index (χ1) is 9.56. The van der Waals surface area contributed by atoms with Gasteiger partial charge in [-0.3, -0.25) is 4.79 Å². The summed E-state index contributed by atoms with van der Waals surface area (Å²) in [6, 6.07) is 6.63. The predicted octanol–water partition coefficient (Wildman–Crippen LogP) is 1.31. The maximum atomic E-state index is 11.1. The van der Waals surface area contributed by atoms with E-state index in [2.05, 4.69) is 47.4 Å². The van der Waals surface area contributed by atoms with Gasteiger partial charge in [0.25, 0.3) is 0 Å². The number of hydrogen-bond donors (Lipinski definition) is 2. The molecular weight excluding hydrogens is 254 g/mol. The van der Waals surface area contributed by atoms with Crippen molar-refractivity contribution in [2.45, 2.75) is 12.5 Å². The molecule has 0 spiro atoms. The normalized spacial score (nSPS) is 25.7. The summed E-state index contributed by atoms with van der Waals surface area (Å²) in [5, 5.41) is 12.4. The molecule has 0 bridgehead atoms. The highest BCUT2D eigenvalue weighted by Gasteiger charge is 2.31. The van der Waals surface area contributed by atoms with Crippen molar-refractivity contribution in [2.24, 2.45) is 5.92 Å². The number of aliphatic carboxylic acids is 1. The Morgan fingerprint density at radius 3 is 2.60 bits per heavy atom. The molecule has 5 nitrogen and oxygen atoms in total. The fourth-order valence-electron chi connectivity index (χ4n) is 3.10. The number of nitrogens with one attached hydrogen (secondary N) is 1. The van der Waals surface area contributed by atoms with Gasteiger partial charge in [0.2, 0.25) is 0 Å². The number of carboxylic acids is 1. The Hall–Kier alpha value is -1.75. The molecule has 5 heteroatoms. The van der Waals surface area contributed by atoms with E-state index < -0.39 is 5.97 Å². The van der Waals surface area contributed by atoms with Crippen LogP contribution in [0.3, 0.4) is 0 Å². The number of anilines is 2. The lowest BCUT2D eigenvalue weighted by molar-refractivity contribution is -0.141. The van der Waals surface area contributed by atoms with Crippen molar-refractivity contribution < 1.29 is 9.90 Å². The smallest absolute Gasteiger partial charge is 0.307 e. The summed E-state index contributed by atoms with van der Waals surface area (Å²) < 4.78 is 0. The van der Waals surface area contributed by atoms with Crippen molar-refractivity contribution in [3.05, 3.63) is 23.8 Å². The van der Waals surface area contributed by atoms with Crippen LogP contribution in [0.5, 0.6) is 0 Å². The summed E-state index contributed by atoms with van der Waals surface area (Å²) in [7, 11) is 4.22. The molecule has 3 rings (SSSR count). The van der Waals surface area contributed by atoms with Crippen molar-refractivity contribution >= 4 is 17.3 Å². The summed E-state index contributed by atoms with van der Waals surface area (Å²) in [6.45, 7) is 2.61. The molecule has 108 valence electrons. The van der Waals surface area contributed by atoms with Crippen molar-refractivity contribution in [3.63, 3.8) is 0 Å². The number of likely N-dealkylation sites (N-methyl/N-ethyl adjacent to an activating group) is 2. The Kier molecular flexibility index (Phi) is 3.30. The minimum atomic E-state index is -0.699. The monoisotopic (exact) mass is 275 g/mol. The topological polar surface area (TPSA) is 55.8 Å². The van der Waals surface area contributed by atoms with Crippen LogP contribution < -0.4 is 15.1 Å². The molecule has 2 N–H and O–H groups in total. The summed E-state index contributed by atoms with van der Waals surface area (Å²) >= 11 is 0. The van der Waals surface area contributed by atoms with Crippen LogP contribution in [0, 0.1) is 5.92 Å². The maximum absolute atomic E-state index is 11.1. The lowest BCUT2D eigenvalue weighted by atomic mass is 9.98. The largest absolute Gasteiger partial charge is 0.481 e. The number of hydrogen-bond acceptors (Lipinski definition) is 4. The molecule has 1 saturated heterocycles. The Bertz CT molecular complexity index is 532. The van der Waals surface area contributed by atoms with Gasteiger partial charge in [0.15, 0.2) is 0 Å². The molecule has 0 amide bonds. The van der Waals surface area contributed by atoms with Crippen LogP contribution in [0.25, 0.3) is 0 Å². The highest BCUT2D eigenvalue weighted by Crippen LogP contribution is 2.36. The van der Waals surface area contributed by atoms with Gasteiger partial charge < -0.3 is 20.2 Å². The minimum absolute atomic E-state index is 0.155. The second-order valence-electron chi connectivity index (χ2n) is 5.82.